The van der Waals surface area contributed by atoms with Crippen LogP contribution in [0.3, 0.4) is 0 Å². The minimum absolute atomic E-state index is 0.286. The van der Waals surface area contributed by atoms with E-state index in [2.05, 4.69) is 6.58 Å². The lowest BCUT2D eigenvalue weighted by atomic mass is 10.3. The first kappa shape index (κ1) is 11.5. The highest BCUT2D eigenvalue weighted by Crippen LogP contribution is 2.12. The lowest BCUT2D eigenvalue weighted by Crippen LogP contribution is -2.41. The highest BCUT2D eigenvalue weighted by Gasteiger charge is 2.28. The topological polar surface area (TPSA) is 29.3 Å². The Hall–Kier alpha value is -0.480. The monoisotopic (exact) mass is 178 g/mol. The minimum atomic E-state index is -2.78. The molecule has 0 aromatic carbocycles. The van der Waals surface area contributed by atoms with Crippen molar-refractivity contribution in [2.75, 3.05) is 26.2 Å². The summed E-state index contributed by atoms with van der Waals surface area (Å²) in [5.74, 6) is -2.78. The van der Waals surface area contributed by atoms with Crippen LogP contribution in [0.2, 0.25) is 0 Å². The van der Waals surface area contributed by atoms with E-state index in [9.17, 15) is 8.78 Å². The largest absolute Gasteiger partial charge is 0.325 e. The lowest BCUT2D eigenvalue weighted by Gasteiger charge is -2.23. The number of hydrogen-bond donors (Lipinski definition) is 1. The summed E-state index contributed by atoms with van der Waals surface area (Å²) in [4.78, 5) is 1.60. The molecule has 0 saturated carbocycles. The molecule has 0 bridgehead atoms. The molecule has 0 saturated heterocycles. The normalized spacial score (nSPS) is 12.1. The van der Waals surface area contributed by atoms with Gasteiger partial charge in [0.05, 0.1) is 13.1 Å². The number of likely N-dealkylation sites (N-methyl/N-ethyl adjacent to an activating group) is 1. The highest BCUT2D eigenvalue weighted by atomic mass is 19.3. The third kappa shape index (κ3) is 4.41. The molecule has 2 N–H and O–H groups in total. The number of alkyl halides is 2. The van der Waals surface area contributed by atoms with Gasteiger partial charge in [-0.1, -0.05) is 13.0 Å². The maximum Gasteiger partial charge on any atom is 0.272 e. The zero-order valence-electron chi connectivity index (χ0n) is 7.39. The molecule has 0 aliphatic rings. The highest BCUT2D eigenvalue weighted by molar-refractivity contribution is 4.78. The summed E-state index contributed by atoms with van der Waals surface area (Å²) in [7, 11) is 0. The number of nitrogens with zero attached hydrogens (tertiary/aromatic N) is 1. The number of hydrogen-bond acceptors (Lipinski definition) is 2. The molecule has 0 heterocycles. The van der Waals surface area contributed by atoms with E-state index in [0.29, 0.717) is 13.1 Å². The van der Waals surface area contributed by atoms with E-state index in [0.717, 1.165) is 0 Å². The van der Waals surface area contributed by atoms with E-state index < -0.39 is 12.5 Å². The molecule has 0 radical (unpaired) electrons. The SMILES string of the molecule is C=CCN(CC)CC(F)(F)CN. The first-order valence-electron chi connectivity index (χ1n) is 3.97. The third-order valence-electron chi connectivity index (χ3n) is 1.59. The second kappa shape index (κ2) is 5.22. The van der Waals surface area contributed by atoms with E-state index in [1.54, 1.807) is 11.0 Å². The Labute approximate surface area is 72.0 Å². The van der Waals surface area contributed by atoms with Crippen molar-refractivity contribution in [1.82, 2.24) is 4.90 Å². The third-order valence-corrected chi connectivity index (χ3v) is 1.59. The van der Waals surface area contributed by atoms with Gasteiger partial charge in [-0.15, -0.1) is 6.58 Å². The fourth-order valence-corrected chi connectivity index (χ4v) is 0.880. The van der Waals surface area contributed by atoms with Crippen molar-refractivity contribution < 1.29 is 8.78 Å². The first-order chi connectivity index (χ1) is 5.55. The fraction of sp³-hybridized carbons (Fsp3) is 0.750. The van der Waals surface area contributed by atoms with Gasteiger partial charge >= 0.3 is 0 Å². The summed E-state index contributed by atoms with van der Waals surface area (Å²) in [6, 6.07) is 0. The Bertz CT molecular complexity index is 137. The average Bonchev–Trinajstić information content (AvgIpc) is 2.03. The molecule has 4 heteroatoms. The second-order valence-electron chi connectivity index (χ2n) is 2.68. The Morgan fingerprint density at radius 2 is 2.17 bits per heavy atom. The summed E-state index contributed by atoms with van der Waals surface area (Å²) in [5.41, 5.74) is 4.90. The smallest absolute Gasteiger partial charge is 0.272 e. The van der Waals surface area contributed by atoms with E-state index in [1.165, 1.54) is 0 Å². The van der Waals surface area contributed by atoms with Crippen LogP contribution in [0.25, 0.3) is 0 Å². The number of rotatable bonds is 6. The van der Waals surface area contributed by atoms with Crippen LogP contribution in [0.15, 0.2) is 12.7 Å². The zero-order valence-corrected chi connectivity index (χ0v) is 7.39. The predicted molar refractivity (Wildman–Crippen MR) is 46.3 cm³/mol. The Kier molecular flexibility index (Phi) is 5.01. The number of nitrogens with two attached hydrogens (primary N) is 1. The van der Waals surface area contributed by atoms with Crippen molar-refractivity contribution >= 4 is 0 Å². The molecular weight excluding hydrogens is 162 g/mol. The van der Waals surface area contributed by atoms with E-state index in [1.807, 2.05) is 6.92 Å². The molecule has 0 rings (SSSR count). The molecule has 0 unspecified atom stereocenters. The van der Waals surface area contributed by atoms with Gasteiger partial charge in [-0.3, -0.25) is 4.90 Å². The van der Waals surface area contributed by atoms with Crippen molar-refractivity contribution in [3.63, 3.8) is 0 Å². The van der Waals surface area contributed by atoms with Gasteiger partial charge in [0.15, 0.2) is 0 Å². The van der Waals surface area contributed by atoms with Crippen LogP contribution in [-0.4, -0.2) is 37.0 Å². The minimum Gasteiger partial charge on any atom is -0.325 e. The molecule has 0 aliphatic carbocycles. The van der Waals surface area contributed by atoms with Gasteiger partial charge in [-0.05, 0) is 6.54 Å². The first-order valence-corrected chi connectivity index (χ1v) is 3.97. The van der Waals surface area contributed by atoms with Gasteiger partial charge in [0.1, 0.15) is 0 Å². The summed E-state index contributed by atoms with van der Waals surface area (Å²) < 4.78 is 25.4. The quantitative estimate of drug-likeness (QED) is 0.617. The van der Waals surface area contributed by atoms with Crippen molar-refractivity contribution in [1.29, 1.82) is 0 Å². The maximum absolute atomic E-state index is 12.7. The van der Waals surface area contributed by atoms with Crippen LogP contribution in [0.5, 0.6) is 0 Å². The van der Waals surface area contributed by atoms with Crippen LogP contribution in [0.1, 0.15) is 6.92 Å². The van der Waals surface area contributed by atoms with E-state index in [4.69, 9.17) is 5.73 Å². The van der Waals surface area contributed by atoms with Gasteiger partial charge < -0.3 is 5.73 Å². The standard InChI is InChI=1S/C8H16F2N2/c1-3-5-12(4-2)7-8(9,10)6-11/h3H,1,4-7,11H2,2H3. The van der Waals surface area contributed by atoms with Gasteiger partial charge in [0, 0.05) is 6.54 Å². The Morgan fingerprint density at radius 1 is 1.58 bits per heavy atom. The Morgan fingerprint density at radius 3 is 2.50 bits per heavy atom. The van der Waals surface area contributed by atoms with Crippen LogP contribution >= 0.6 is 0 Å². The van der Waals surface area contributed by atoms with Gasteiger partial charge in [-0.25, -0.2) is 8.78 Å². The summed E-state index contributed by atoms with van der Waals surface area (Å²) in [6.07, 6.45) is 1.61. The summed E-state index contributed by atoms with van der Waals surface area (Å²) >= 11 is 0. The molecule has 12 heavy (non-hydrogen) atoms. The zero-order chi connectivity index (χ0) is 9.61. The van der Waals surface area contributed by atoms with Crippen molar-refractivity contribution in [2.45, 2.75) is 12.8 Å². The average molecular weight is 178 g/mol. The molecular formula is C8H16F2N2. The predicted octanol–water partition coefficient (Wildman–Crippen LogP) is 1.09. The second-order valence-corrected chi connectivity index (χ2v) is 2.68. The molecule has 0 atom stereocenters. The van der Waals surface area contributed by atoms with Crippen LogP contribution in [0.4, 0.5) is 8.78 Å². The van der Waals surface area contributed by atoms with Crippen LogP contribution < -0.4 is 5.73 Å². The van der Waals surface area contributed by atoms with Gasteiger partial charge in [0.25, 0.3) is 5.92 Å². The molecule has 0 aliphatic heterocycles. The summed E-state index contributed by atoms with van der Waals surface area (Å²) in [6.45, 7) is 5.50. The Balaban J connectivity index is 3.91. The van der Waals surface area contributed by atoms with Gasteiger partial charge in [0.2, 0.25) is 0 Å². The van der Waals surface area contributed by atoms with Gasteiger partial charge in [-0.2, -0.15) is 0 Å². The molecule has 0 amide bonds. The molecule has 0 aromatic heterocycles. The van der Waals surface area contributed by atoms with E-state index >= 15 is 0 Å². The van der Waals surface area contributed by atoms with Crippen LogP contribution in [-0.2, 0) is 0 Å². The molecule has 2 nitrogen and oxygen atoms in total. The summed E-state index contributed by atoms with van der Waals surface area (Å²) in [5, 5.41) is 0. The molecule has 0 aromatic rings. The fourth-order valence-electron chi connectivity index (χ4n) is 0.880. The number of halogens is 2. The molecule has 0 spiro atoms. The van der Waals surface area contributed by atoms with Crippen molar-refractivity contribution in [3.8, 4) is 0 Å². The maximum atomic E-state index is 12.7. The molecule has 72 valence electrons. The van der Waals surface area contributed by atoms with Crippen molar-refractivity contribution in [3.05, 3.63) is 12.7 Å². The lowest BCUT2D eigenvalue weighted by molar-refractivity contribution is -0.0197. The van der Waals surface area contributed by atoms with E-state index in [-0.39, 0.29) is 6.54 Å². The van der Waals surface area contributed by atoms with Crippen LogP contribution in [0, 0.1) is 0 Å². The molecule has 0 fully saturated rings. The van der Waals surface area contributed by atoms with Crippen molar-refractivity contribution in [2.24, 2.45) is 5.73 Å².